The molecule has 2 aromatic carbocycles. The molecule has 31 heavy (non-hydrogen) atoms. The van der Waals surface area contributed by atoms with Gasteiger partial charge in [-0.05, 0) is 49.9 Å². The largest absolute Gasteiger partial charge is 0.351 e. The summed E-state index contributed by atoms with van der Waals surface area (Å²) >= 11 is 0. The minimum absolute atomic E-state index is 0.130. The normalized spacial score (nSPS) is 13.0. The van der Waals surface area contributed by atoms with Crippen LogP contribution in [0.3, 0.4) is 0 Å². The van der Waals surface area contributed by atoms with Gasteiger partial charge in [-0.15, -0.1) is 5.10 Å². The lowest BCUT2D eigenvalue weighted by Crippen LogP contribution is -2.36. The monoisotopic (exact) mass is 417 g/mol. The summed E-state index contributed by atoms with van der Waals surface area (Å²) in [6.45, 7) is 5.69. The van der Waals surface area contributed by atoms with E-state index in [-0.39, 0.29) is 11.8 Å². The van der Waals surface area contributed by atoms with Gasteiger partial charge in [0, 0.05) is 26.1 Å². The van der Waals surface area contributed by atoms with Crippen molar-refractivity contribution in [2.75, 3.05) is 13.1 Å². The second-order valence-corrected chi connectivity index (χ2v) is 7.96. The molecule has 0 unspecified atom stereocenters. The minimum Gasteiger partial charge on any atom is -0.351 e. The molecule has 0 bridgehead atoms. The highest BCUT2D eigenvalue weighted by Gasteiger charge is 2.20. The highest BCUT2D eigenvalue weighted by molar-refractivity contribution is 5.93. The number of nitrogens with one attached hydrogen (secondary N) is 1. The summed E-state index contributed by atoms with van der Waals surface area (Å²) in [4.78, 5) is 27.0. The molecule has 0 atom stereocenters. The number of carbonyl (C=O) groups is 2. The first-order chi connectivity index (χ1) is 15.0. The van der Waals surface area contributed by atoms with E-state index < -0.39 is 0 Å². The lowest BCUT2D eigenvalue weighted by Gasteiger charge is -2.29. The Kier molecular flexibility index (Phi) is 6.11. The third-order valence-electron chi connectivity index (χ3n) is 5.72. The standard InChI is InChI=1S/C24H27N5O2/c1-17-9-11-21(12-10-17)29-18(2)23(26-27-29)24(31)25-14-5-8-22(30)28-15-13-19-6-3-4-7-20(19)16-28/h3-4,6-7,9-12H,5,8,13-16H2,1-2H3,(H,25,31). The van der Waals surface area contributed by atoms with Crippen LogP contribution in [0.15, 0.2) is 48.5 Å². The molecule has 0 saturated carbocycles. The third-order valence-corrected chi connectivity index (χ3v) is 5.72. The topological polar surface area (TPSA) is 80.1 Å². The van der Waals surface area contributed by atoms with Gasteiger partial charge in [-0.25, -0.2) is 4.68 Å². The average molecular weight is 418 g/mol. The van der Waals surface area contributed by atoms with Gasteiger partial charge in [0.05, 0.1) is 11.4 Å². The molecule has 1 aliphatic heterocycles. The molecule has 0 saturated heterocycles. The van der Waals surface area contributed by atoms with Crippen molar-refractivity contribution >= 4 is 11.8 Å². The van der Waals surface area contributed by atoms with Crippen molar-refractivity contribution in [1.29, 1.82) is 0 Å². The predicted molar refractivity (Wildman–Crippen MR) is 118 cm³/mol. The number of aromatic nitrogens is 3. The van der Waals surface area contributed by atoms with E-state index in [9.17, 15) is 9.59 Å². The van der Waals surface area contributed by atoms with Crippen LogP contribution in [-0.2, 0) is 17.8 Å². The van der Waals surface area contributed by atoms with E-state index in [1.54, 1.807) is 4.68 Å². The molecule has 0 spiro atoms. The molecule has 3 aromatic rings. The van der Waals surface area contributed by atoms with E-state index in [2.05, 4.69) is 27.8 Å². The molecule has 2 heterocycles. The van der Waals surface area contributed by atoms with Crippen molar-refractivity contribution in [3.05, 3.63) is 76.6 Å². The number of nitrogens with zero attached hydrogens (tertiary/aromatic N) is 4. The van der Waals surface area contributed by atoms with Crippen LogP contribution >= 0.6 is 0 Å². The summed E-state index contributed by atoms with van der Waals surface area (Å²) in [7, 11) is 0. The molecular weight excluding hydrogens is 390 g/mol. The number of carbonyl (C=O) groups excluding carboxylic acids is 2. The molecule has 160 valence electrons. The van der Waals surface area contributed by atoms with Gasteiger partial charge in [0.15, 0.2) is 5.69 Å². The van der Waals surface area contributed by atoms with E-state index in [1.807, 2.05) is 55.1 Å². The number of hydrogen-bond acceptors (Lipinski definition) is 4. The Morgan fingerprint density at radius 3 is 2.55 bits per heavy atom. The fourth-order valence-corrected chi connectivity index (χ4v) is 3.86. The molecule has 0 radical (unpaired) electrons. The van der Waals surface area contributed by atoms with E-state index in [1.165, 1.54) is 11.1 Å². The molecule has 1 aromatic heterocycles. The maximum absolute atomic E-state index is 12.5. The number of benzene rings is 2. The van der Waals surface area contributed by atoms with Gasteiger partial charge in [0.2, 0.25) is 5.91 Å². The van der Waals surface area contributed by atoms with Crippen molar-refractivity contribution < 1.29 is 9.59 Å². The fraction of sp³-hybridized carbons (Fsp3) is 0.333. The Labute approximate surface area is 182 Å². The zero-order valence-electron chi connectivity index (χ0n) is 18.0. The predicted octanol–water partition coefficient (Wildman–Crippen LogP) is 2.98. The first kappa shape index (κ1) is 20.8. The minimum atomic E-state index is -0.268. The van der Waals surface area contributed by atoms with E-state index in [0.29, 0.717) is 37.3 Å². The quantitative estimate of drug-likeness (QED) is 0.626. The molecule has 1 N–H and O–H groups in total. The zero-order chi connectivity index (χ0) is 21.8. The number of hydrogen-bond donors (Lipinski definition) is 1. The lowest BCUT2D eigenvalue weighted by atomic mass is 9.99. The van der Waals surface area contributed by atoms with Crippen molar-refractivity contribution in [2.45, 2.75) is 39.7 Å². The Balaban J connectivity index is 1.26. The number of fused-ring (bicyclic) bond motifs is 1. The summed E-state index contributed by atoms with van der Waals surface area (Å²) < 4.78 is 1.66. The van der Waals surface area contributed by atoms with Crippen LogP contribution < -0.4 is 5.32 Å². The molecule has 4 rings (SSSR count). The number of amides is 2. The van der Waals surface area contributed by atoms with Gasteiger partial charge in [-0.1, -0.05) is 47.2 Å². The first-order valence-electron chi connectivity index (χ1n) is 10.6. The summed E-state index contributed by atoms with van der Waals surface area (Å²) in [6.07, 6.45) is 1.90. The van der Waals surface area contributed by atoms with E-state index in [4.69, 9.17) is 0 Å². The van der Waals surface area contributed by atoms with Crippen LogP contribution in [0.1, 0.15) is 45.7 Å². The van der Waals surface area contributed by atoms with Crippen LogP contribution in [0.5, 0.6) is 0 Å². The van der Waals surface area contributed by atoms with Crippen molar-refractivity contribution in [3.63, 3.8) is 0 Å². The van der Waals surface area contributed by atoms with Crippen LogP contribution in [0, 0.1) is 13.8 Å². The third kappa shape index (κ3) is 4.66. The second kappa shape index (κ2) is 9.12. The first-order valence-corrected chi connectivity index (χ1v) is 10.6. The Hall–Kier alpha value is -3.48. The highest BCUT2D eigenvalue weighted by Crippen LogP contribution is 2.19. The van der Waals surface area contributed by atoms with Gasteiger partial charge < -0.3 is 10.2 Å². The smallest absolute Gasteiger partial charge is 0.273 e. The average Bonchev–Trinajstić information content (AvgIpc) is 3.18. The molecular formula is C24H27N5O2. The fourth-order valence-electron chi connectivity index (χ4n) is 3.86. The number of rotatable bonds is 6. The van der Waals surface area contributed by atoms with E-state index >= 15 is 0 Å². The van der Waals surface area contributed by atoms with Crippen LogP contribution in [0.4, 0.5) is 0 Å². The Bertz CT molecular complexity index is 1090. The maximum Gasteiger partial charge on any atom is 0.273 e. The van der Waals surface area contributed by atoms with Gasteiger partial charge in [0.1, 0.15) is 0 Å². The zero-order valence-corrected chi connectivity index (χ0v) is 18.0. The van der Waals surface area contributed by atoms with Gasteiger partial charge in [-0.2, -0.15) is 0 Å². The summed E-state index contributed by atoms with van der Waals surface area (Å²) in [5.41, 5.74) is 5.56. The second-order valence-electron chi connectivity index (χ2n) is 7.96. The van der Waals surface area contributed by atoms with E-state index in [0.717, 1.165) is 24.2 Å². The van der Waals surface area contributed by atoms with Gasteiger partial charge >= 0.3 is 0 Å². The molecule has 1 aliphatic rings. The molecule has 0 fully saturated rings. The molecule has 7 heteroatoms. The SMILES string of the molecule is Cc1ccc(-n2nnc(C(=O)NCCCC(=O)N3CCc4ccccc4C3)c2C)cc1. The van der Waals surface area contributed by atoms with Crippen LogP contribution in [0.2, 0.25) is 0 Å². The van der Waals surface area contributed by atoms with Crippen LogP contribution in [0.25, 0.3) is 5.69 Å². The van der Waals surface area contributed by atoms with Crippen LogP contribution in [-0.4, -0.2) is 44.8 Å². The van der Waals surface area contributed by atoms with Crippen molar-refractivity contribution in [2.24, 2.45) is 0 Å². The number of aryl methyl sites for hydroxylation is 1. The lowest BCUT2D eigenvalue weighted by molar-refractivity contribution is -0.132. The molecule has 0 aliphatic carbocycles. The summed E-state index contributed by atoms with van der Waals surface area (Å²) in [5.74, 6) is -0.138. The Morgan fingerprint density at radius 2 is 1.77 bits per heavy atom. The molecule has 7 nitrogen and oxygen atoms in total. The summed E-state index contributed by atoms with van der Waals surface area (Å²) in [6, 6.07) is 16.2. The van der Waals surface area contributed by atoms with Gasteiger partial charge in [-0.3, -0.25) is 9.59 Å². The Morgan fingerprint density at radius 1 is 1.03 bits per heavy atom. The maximum atomic E-state index is 12.5. The highest BCUT2D eigenvalue weighted by atomic mass is 16.2. The van der Waals surface area contributed by atoms with Crippen molar-refractivity contribution in [1.82, 2.24) is 25.2 Å². The van der Waals surface area contributed by atoms with Crippen molar-refractivity contribution in [3.8, 4) is 5.69 Å². The molecule has 2 amide bonds. The summed E-state index contributed by atoms with van der Waals surface area (Å²) in [5, 5.41) is 11.0. The van der Waals surface area contributed by atoms with Gasteiger partial charge in [0.25, 0.3) is 5.91 Å².